The van der Waals surface area contributed by atoms with Crippen molar-refractivity contribution in [3.05, 3.63) is 29.8 Å². The smallest absolute Gasteiger partial charge is 0.224 e. The van der Waals surface area contributed by atoms with Crippen LogP contribution in [0.1, 0.15) is 31.9 Å². The third kappa shape index (κ3) is 3.74. The van der Waals surface area contributed by atoms with Gasteiger partial charge < -0.3 is 20.1 Å². The maximum atomic E-state index is 12.1. The molecule has 1 aliphatic heterocycles. The number of methoxy groups -OCH3 is 1. The lowest BCUT2D eigenvalue weighted by atomic mass is 10.0. The van der Waals surface area contributed by atoms with Crippen molar-refractivity contribution in [1.29, 1.82) is 0 Å². The number of hydrogen-bond donors (Lipinski definition) is 1. The number of likely N-dealkylation sites (tertiary alicyclic amines) is 1. The van der Waals surface area contributed by atoms with Crippen LogP contribution < -0.4 is 10.5 Å². The Kier molecular flexibility index (Phi) is 5.20. The van der Waals surface area contributed by atoms with Crippen molar-refractivity contribution >= 4 is 5.91 Å². The van der Waals surface area contributed by atoms with Crippen LogP contribution in [0.5, 0.6) is 5.75 Å². The lowest BCUT2D eigenvalue weighted by Crippen LogP contribution is -2.35. The van der Waals surface area contributed by atoms with Crippen LogP contribution in [0.4, 0.5) is 0 Å². The van der Waals surface area contributed by atoms with Gasteiger partial charge in [-0.15, -0.1) is 0 Å². The van der Waals surface area contributed by atoms with Gasteiger partial charge in [0, 0.05) is 26.1 Å². The molecule has 2 N–H and O–H groups in total. The zero-order chi connectivity index (χ0) is 15.4. The Morgan fingerprint density at radius 1 is 1.43 bits per heavy atom. The van der Waals surface area contributed by atoms with Crippen molar-refractivity contribution in [3.63, 3.8) is 0 Å². The molecule has 1 aromatic carbocycles. The van der Waals surface area contributed by atoms with Crippen molar-refractivity contribution in [2.45, 2.75) is 38.5 Å². The van der Waals surface area contributed by atoms with E-state index in [4.69, 9.17) is 15.2 Å². The summed E-state index contributed by atoms with van der Waals surface area (Å²) in [6.45, 7) is 5.05. The maximum absolute atomic E-state index is 12.1. The lowest BCUT2D eigenvalue weighted by Gasteiger charge is -2.27. The lowest BCUT2D eigenvalue weighted by molar-refractivity contribution is -0.129. The number of benzene rings is 1. The fourth-order valence-electron chi connectivity index (χ4n) is 2.74. The molecule has 1 heterocycles. The zero-order valence-electron chi connectivity index (χ0n) is 12.9. The predicted molar refractivity (Wildman–Crippen MR) is 81.1 cm³/mol. The van der Waals surface area contributed by atoms with Crippen molar-refractivity contribution in [3.8, 4) is 5.75 Å². The first-order chi connectivity index (χ1) is 10.0. The van der Waals surface area contributed by atoms with E-state index in [1.54, 1.807) is 7.11 Å². The minimum Gasteiger partial charge on any atom is -0.491 e. The van der Waals surface area contributed by atoms with E-state index in [1.165, 1.54) is 0 Å². The summed E-state index contributed by atoms with van der Waals surface area (Å²) in [6.07, 6.45) is 0.493. The van der Waals surface area contributed by atoms with E-state index in [2.05, 4.69) is 0 Å². The summed E-state index contributed by atoms with van der Waals surface area (Å²) in [6, 6.07) is 7.54. The summed E-state index contributed by atoms with van der Waals surface area (Å²) in [5.41, 5.74) is 7.19. The van der Waals surface area contributed by atoms with Crippen molar-refractivity contribution in [1.82, 2.24) is 4.90 Å². The molecule has 116 valence electrons. The van der Waals surface area contributed by atoms with Gasteiger partial charge in [0.2, 0.25) is 5.91 Å². The van der Waals surface area contributed by atoms with Gasteiger partial charge in [-0.05, 0) is 31.5 Å². The van der Waals surface area contributed by atoms with Crippen LogP contribution in [0.2, 0.25) is 0 Å². The van der Waals surface area contributed by atoms with Crippen LogP contribution in [0.3, 0.4) is 0 Å². The minimum absolute atomic E-state index is 0.0831. The van der Waals surface area contributed by atoms with E-state index in [9.17, 15) is 4.79 Å². The Morgan fingerprint density at radius 2 is 2.19 bits per heavy atom. The molecular formula is C16H24N2O3. The highest BCUT2D eigenvalue weighted by Gasteiger charge is 2.38. The standard InChI is InChI=1S/C16H24N2O3/c1-11(2)21-13-6-4-5-12(9-13)16-14(17)10-15(19)18(16)7-8-20-3/h4-6,9,11,14,16H,7-8,10,17H2,1-3H3. The van der Waals surface area contributed by atoms with Crippen molar-refractivity contribution in [2.75, 3.05) is 20.3 Å². The Labute approximate surface area is 126 Å². The molecule has 1 aliphatic rings. The molecule has 5 nitrogen and oxygen atoms in total. The number of rotatable bonds is 6. The zero-order valence-corrected chi connectivity index (χ0v) is 12.9. The van der Waals surface area contributed by atoms with E-state index >= 15 is 0 Å². The molecule has 1 fully saturated rings. The summed E-state index contributed by atoms with van der Waals surface area (Å²) < 4.78 is 10.8. The van der Waals surface area contributed by atoms with Gasteiger partial charge in [-0.3, -0.25) is 4.79 Å². The van der Waals surface area contributed by atoms with Crippen LogP contribution in [0, 0.1) is 0 Å². The van der Waals surface area contributed by atoms with Gasteiger partial charge in [0.15, 0.2) is 0 Å². The highest BCUT2D eigenvalue weighted by molar-refractivity contribution is 5.80. The van der Waals surface area contributed by atoms with Crippen LogP contribution in [0.15, 0.2) is 24.3 Å². The molecule has 0 radical (unpaired) electrons. The number of nitrogens with two attached hydrogens (primary N) is 1. The fraction of sp³-hybridized carbons (Fsp3) is 0.562. The number of amides is 1. The third-order valence-corrected chi connectivity index (χ3v) is 3.58. The molecule has 5 heteroatoms. The first-order valence-corrected chi connectivity index (χ1v) is 7.33. The summed E-state index contributed by atoms with van der Waals surface area (Å²) in [7, 11) is 1.63. The van der Waals surface area contributed by atoms with E-state index in [0.29, 0.717) is 19.6 Å². The molecular weight excluding hydrogens is 268 g/mol. The average Bonchev–Trinajstić information content (AvgIpc) is 2.70. The molecule has 2 unspecified atom stereocenters. The van der Waals surface area contributed by atoms with Gasteiger partial charge >= 0.3 is 0 Å². The Bertz CT molecular complexity index is 490. The fourth-order valence-corrected chi connectivity index (χ4v) is 2.74. The second kappa shape index (κ2) is 6.91. The number of hydrogen-bond acceptors (Lipinski definition) is 4. The van der Waals surface area contributed by atoms with Crippen LogP contribution in [-0.2, 0) is 9.53 Å². The highest BCUT2D eigenvalue weighted by Crippen LogP contribution is 2.33. The van der Waals surface area contributed by atoms with Crippen LogP contribution in [0.25, 0.3) is 0 Å². The second-order valence-electron chi connectivity index (χ2n) is 5.63. The summed E-state index contributed by atoms with van der Waals surface area (Å²) in [4.78, 5) is 13.9. The Balaban J connectivity index is 2.22. The second-order valence-corrected chi connectivity index (χ2v) is 5.63. The summed E-state index contributed by atoms with van der Waals surface area (Å²) in [5, 5.41) is 0. The van der Waals surface area contributed by atoms with Crippen LogP contribution >= 0.6 is 0 Å². The summed E-state index contributed by atoms with van der Waals surface area (Å²) in [5.74, 6) is 0.889. The van der Waals surface area contributed by atoms with Crippen LogP contribution in [-0.4, -0.2) is 43.2 Å². The SMILES string of the molecule is COCCN1C(=O)CC(N)C1c1cccc(OC(C)C)c1. The first-order valence-electron chi connectivity index (χ1n) is 7.33. The number of nitrogens with zero attached hydrogens (tertiary/aromatic N) is 1. The van der Waals surface area contributed by atoms with Crippen molar-refractivity contribution < 1.29 is 14.3 Å². The van der Waals surface area contributed by atoms with Crippen molar-refractivity contribution in [2.24, 2.45) is 5.73 Å². The monoisotopic (exact) mass is 292 g/mol. The van der Waals surface area contributed by atoms with E-state index < -0.39 is 0 Å². The Morgan fingerprint density at radius 3 is 2.86 bits per heavy atom. The first kappa shape index (κ1) is 15.8. The number of carbonyl (C=O) groups is 1. The van der Waals surface area contributed by atoms with Gasteiger partial charge in [0.25, 0.3) is 0 Å². The van der Waals surface area contributed by atoms with Gasteiger partial charge in [-0.25, -0.2) is 0 Å². The van der Waals surface area contributed by atoms with Gasteiger partial charge in [-0.1, -0.05) is 12.1 Å². The molecule has 0 aromatic heterocycles. The molecule has 2 atom stereocenters. The molecule has 0 bridgehead atoms. The van der Waals surface area contributed by atoms with Gasteiger partial charge in [0.1, 0.15) is 5.75 Å². The summed E-state index contributed by atoms with van der Waals surface area (Å²) >= 11 is 0. The third-order valence-electron chi connectivity index (χ3n) is 3.58. The number of ether oxygens (including phenoxy) is 2. The van der Waals surface area contributed by atoms with Gasteiger partial charge in [0.05, 0.1) is 18.8 Å². The normalized spacial score (nSPS) is 22.1. The topological polar surface area (TPSA) is 64.8 Å². The maximum Gasteiger partial charge on any atom is 0.224 e. The quantitative estimate of drug-likeness (QED) is 0.867. The molecule has 21 heavy (non-hydrogen) atoms. The molecule has 0 saturated carbocycles. The molecule has 2 rings (SSSR count). The molecule has 1 saturated heterocycles. The van der Waals surface area contributed by atoms with E-state index in [0.717, 1.165) is 11.3 Å². The molecule has 1 aromatic rings. The van der Waals surface area contributed by atoms with E-state index in [-0.39, 0.29) is 24.1 Å². The Hall–Kier alpha value is -1.59. The predicted octanol–water partition coefficient (Wildman–Crippen LogP) is 1.72. The highest BCUT2D eigenvalue weighted by atomic mass is 16.5. The van der Waals surface area contributed by atoms with Gasteiger partial charge in [-0.2, -0.15) is 0 Å². The average molecular weight is 292 g/mol. The number of carbonyl (C=O) groups excluding carboxylic acids is 1. The minimum atomic E-state index is -0.191. The largest absolute Gasteiger partial charge is 0.491 e. The molecule has 0 spiro atoms. The molecule has 1 amide bonds. The molecule has 0 aliphatic carbocycles. The van der Waals surface area contributed by atoms with E-state index in [1.807, 2.05) is 43.0 Å².